The minimum Gasteiger partial charge on any atom is -0.366 e. The Bertz CT molecular complexity index is 885. The molecule has 1 N–H and O–H groups in total. The summed E-state index contributed by atoms with van der Waals surface area (Å²) < 4.78 is 0. The molecule has 1 aliphatic heterocycles. The van der Waals surface area contributed by atoms with E-state index in [0.29, 0.717) is 22.3 Å². The van der Waals surface area contributed by atoms with Crippen LogP contribution in [0.1, 0.15) is 35.7 Å². The number of benzene rings is 2. The summed E-state index contributed by atoms with van der Waals surface area (Å²) in [6.45, 7) is 5.58. The van der Waals surface area contributed by atoms with Crippen LogP contribution < -0.4 is 10.2 Å². The second kappa shape index (κ2) is 7.96. The molecule has 142 valence electrons. The van der Waals surface area contributed by atoms with Crippen molar-refractivity contribution in [2.75, 3.05) is 23.3 Å². The first-order chi connectivity index (χ1) is 12.8. The summed E-state index contributed by atoms with van der Waals surface area (Å²) in [6.07, 6.45) is 2.14. The van der Waals surface area contributed by atoms with Gasteiger partial charge in [-0.3, -0.25) is 14.9 Å². The number of carbonyl (C=O) groups is 1. The molecule has 0 unspecified atom stereocenters. The number of nitrogens with zero attached hydrogens (tertiary/aromatic N) is 2. The lowest BCUT2D eigenvalue weighted by molar-refractivity contribution is -0.384. The van der Waals surface area contributed by atoms with E-state index >= 15 is 0 Å². The van der Waals surface area contributed by atoms with E-state index in [2.05, 4.69) is 12.2 Å². The fourth-order valence-corrected chi connectivity index (χ4v) is 3.58. The van der Waals surface area contributed by atoms with Gasteiger partial charge in [0.05, 0.1) is 4.92 Å². The van der Waals surface area contributed by atoms with Crippen LogP contribution in [0.4, 0.5) is 17.1 Å². The molecule has 3 rings (SSSR count). The number of nitrogens with one attached hydrogen (secondary N) is 1. The number of halogens is 1. The topological polar surface area (TPSA) is 75.5 Å². The molecule has 7 heteroatoms. The third-order valence-electron chi connectivity index (χ3n) is 4.88. The zero-order valence-corrected chi connectivity index (χ0v) is 16.1. The normalized spacial score (nSPS) is 16.9. The van der Waals surface area contributed by atoms with E-state index in [1.54, 1.807) is 30.3 Å². The van der Waals surface area contributed by atoms with Crippen molar-refractivity contribution in [1.29, 1.82) is 0 Å². The molecule has 6 nitrogen and oxygen atoms in total. The summed E-state index contributed by atoms with van der Waals surface area (Å²) in [7, 11) is 0. The van der Waals surface area contributed by atoms with E-state index in [1.165, 1.54) is 6.07 Å². The van der Waals surface area contributed by atoms with Crippen LogP contribution in [0.15, 0.2) is 36.4 Å². The monoisotopic (exact) mass is 387 g/mol. The highest BCUT2D eigenvalue weighted by Crippen LogP contribution is 2.32. The number of piperidine rings is 1. The first-order valence-electron chi connectivity index (χ1n) is 8.96. The van der Waals surface area contributed by atoms with Gasteiger partial charge in [-0.1, -0.05) is 24.6 Å². The predicted octanol–water partition coefficient (Wildman–Crippen LogP) is 5.05. The van der Waals surface area contributed by atoms with Crippen LogP contribution in [-0.2, 0) is 0 Å². The minimum atomic E-state index is -0.421. The molecule has 0 aliphatic carbocycles. The number of amides is 1. The number of hydrogen-bond donors (Lipinski definition) is 1. The third-order valence-corrected chi connectivity index (χ3v) is 5.11. The lowest BCUT2D eigenvalue weighted by atomic mass is 9.99. The fraction of sp³-hybridized carbons (Fsp3) is 0.350. The highest BCUT2D eigenvalue weighted by Gasteiger charge is 2.25. The zero-order valence-electron chi connectivity index (χ0n) is 15.4. The van der Waals surface area contributed by atoms with Gasteiger partial charge < -0.3 is 10.2 Å². The molecular weight excluding hydrogens is 366 g/mol. The fourth-order valence-electron chi connectivity index (χ4n) is 3.41. The Morgan fingerprint density at radius 3 is 2.78 bits per heavy atom. The molecule has 0 bridgehead atoms. The van der Waals surface area contributed by atoms with Crippen LogP contribution in [-0.4, -0.2) is 23.9 Å². The average Bonchev–Trinajstić information content (AvgIpc) is 2.64. The van der Waals surface area contributed by atoms with E-state index in [9.17, 15) is 14.9 Å². The molecule has 1 aliphatic rings. The molecule has 1 atom stereocenters. The average molecular weight is 388 g/mol. The molecule has 27 heavy (non-hydrogen) atoms. The Hall–Kier alpha value is -2.60. The zero-order chi connectivity index (χ0) is 19.6. The number of aryl methyl sites for hydroxylation is 1. The molecule has 0 radical (unpaired) electrons. The molecule has 0 aromatic heterocycles. The smallest absolute Gasteiger partial charge is 0.293 e. The van der Waals surface area contributed by atoms with Gasteiger partial charge in [0.1, 0.15) is 5.69 Å². The Balaban J connectivity index is 1.88. The maximum Gasteiger partial charge on any atom is 0.293 e. The highest BCUT2D eigenvalue weighted by molar-refractivity contribution is 6.31. The van der Waals surface area contributed by atoms with Gasteiger partial charge in [-0.25, -0.2) is 0 Å². The van der Waals surface area contributed by atoms with Gasteiger partial charge in [-0.05, 0) is 55.5 Å². The lowest BCUT2D eigenvalue weighted by Crippen LogP contribution is -2.34. The Kier molecular flexibility index (Phi) is 5.65. The van der Waals surface area contributed by atoms with Crippen LogP contribution in [0.25, 0.3) is 0 Å². The molecule has 0 saturated carbocycles. The molecule has 2 aromatic carbocycles. The van der Waals surface area contributed by atoms with E-state index < -0.39 is 10.8 Å². The van der Waals surface area contributed by atoms with Crippen molar-refractivity contribution in [3.05, 3.63) is 62.7 Å². The van der Waals surface area contributed by atoms with E-state index in [4.69, 9.17) is 11.6 Å². The highest BCUT2D eigenvalue weighted by atomic mass is 35.5. The van der Waals surface area contributed by atoms with Crippen molar-refractivity contribution in [2.45, 2.75) is 26.7 Å². The minimum absolute atomic E-state index is 0.0421. The van der Waals surface area contributed by atoms with Crippen LogP contribution in [0, 0.1) is 23.0 Å². The number of rotatable bonds is 4. The van der Waals surface area contributed by atoms with Crippen molar-refractivity contribution in [2.24, 2.45) is 5.92 Å². The number of anilines is 2. The molecule has 2 aromatic rings. The van der Waals surface area contributed by atoms with Gasteiger partial charge in [0.15, 0.2) is 0 Å². The summed E-state index contributed by atoms with van der Waals surface area (Å²) in [5, 5.41) is 14.9. The Labute approximate surface area is 163 Å². The van der Waals surface area contributed by atoms with Crippen molar-refractivity contribution in [3.63, 3.8) is 0 Å². The third kappa shape index (κ3) is 4.39. The van der Waals surface area contributed by atoms with Crippen molar-refractivity contribution in [3.8, 4) is 0 Å². The first kappa shape index (κ1) is 19.2. The van der Waals surface area contributed by atoms with Gasteiger partial charge in [-0.15, -0.1) is 0 Å². The maximum absolute atomic E-state index is 12.6. The lowest BCUT2D eigenvalue weighted by Gasteiger charge is -2.32. The van der Waals surface area contributed by atoms with Gasteiger partial charge in [0, 0.05) is 35.4 Å². The molecule has 1 amide bonds. The summed E-state index contributed by atoms with van der Waals surface area (Å²) in [5.74, 6) is 0.0918. The van der Waals surface area contributed by atoms with Crippen LogP contribution >= 0.6 is 11.6 Å². The SMILES string of the molecule is Cc1ccc(Cl)cc1NC(=O)c1ccc(N2CCC[C@@H](C)C2)c([N+](=O)[O-])c1. The number of carbonyl (C=O) groups excluding carboxylic acids is 1. The Morgan fingerprint density at radius 2 is 2.07 bits per heavy atom. The standard InChI is InChI=1S/C20H22ClN3O3/c1-13-4-3-9-23(12-13)18-8-6-15(10-19(18)24(26)27)20(25)22-17-11-16(21)7-5-14(17)2/h5-8,10-11,13H,3-4,9,12H2,1-2H3,(H,22,25)/t13-/m1/s1. The van der Waals surface area contributed by atoms with Crippen LogP contribution in [0.2, 0.25) is 5.02 Å². The Morgan fingerprint density at radius 1 is 1.30 bits per heavy atom. The summed E-state index contributed by atoms with van der Waals surface area (Å²) in [5.41, 5.74) is 2.22. The van der Waals surface area contributed by atoms with E-state index in [-0.39, 0.29) is 11.3 Å². The van der Waals surface area contributed by atoms with Gasteiger partial charge in [0.25, 0.3) is 11.6 Å². The van der Waals surface area contributed by atoms with Crippen LogP contribution in [0.5, 0.6) is 0 Å². The van der Waals surface area contributed by atoms with E-state index in [1.807, 2.05) is 11.8 Å². The van der Waals surface area contributed by atoms with Crippen LogP contribution in [0.3, 0.4) is 0 Å². The van der Waals surface area contributed by atoms with Crippen molar-refractivity contribution in [1.82, 2.24) is 0 Å². The summed E-state index contributed by atoms with van der Waals surface area (Å²) in [6, 6.07) is 9.87. The van der Waals surface area contributed by atoms with Gasteiger partial charge >= 0.3 is 0 Å². The quantitative estimate of drug-likeness (QED) is 0.588. The second-order valence-electron chi connectivity index (χ2n) is 7.07. The molecule has 0 spiro atoms. The predicted molar refractivity (Wildman–Crippen MR) is 108 cm³/mol. The number of nitro benzene ring substituents is 1. The number of hydrogen-bond acceptors (Lipinski definition) is 4. The summed E-state index contributed by atoms with van der Waals surface area (Å²) in [4.78, 5) is 25.8. The molecule has 1 fully saturated rings. The van der Waals surface area contributed by atoms with Crippen molar-refractivity contribution < 1.29 is 9.72 Å². The summed E-state index contributed by atoms with van der Waals surface area (Å²) >= 11 is 5.99. The second-order valence-corrected chi connectivity index (χ2v) is 7.50. The van der Waals surface area contributed by atoms with Gasteiger partial charge in [0.2, 0.25) is 0 Å². The van der Waals surface area contributed by atoms with Gasteiger partial charge in [-0.2, -0.15) is 0 Å². The number of nitro groups is 1. The maximum atomic E-state index is 12.6. The largest absolute Gasteiger partial charge is 0.366 e. The first-order valence-corrected chi connectivity index (χ1v) is 9.34. The molecule has 1 saturated heterocycles. The molecule has 1 heterocycles. The molecular formula is C20H22ClN3O3. The van der Waals surface area contributed by atoms with E-state index in [0.717, 1.165) is 31.5 Å². The van der Waals surface area contributed by atoms with Crippen molar-refractivity contribution >= 4 is 34.6 Å².